The largest absolute Gasteiger partial charge is 0.493 e. The fraction of sp³-hybridized carbons (Fsp3) is 0.450. The Balaban J connectivity index is 1.46. The molecular formula is C20H26N2O4S. The average Bonchev–Trinajstić information content (AvgIpc) is 3.21. The zero-order chi connectivity index (χ0) is 19.1. The Hall–Kier alpha value is -2.25. The van der Waals surface area contributed by atoms with Gasteiger partial charge in [-0.3, -0.25) is 9.69 Å². The van der Waals surface area contributed by atoms with E-state index in [-0.39, 0.29) is 12.0 Å². The molecule has 27 heavy (non-hydrogen) atoms. The van der Waals surface area contributed by atoms with E-state index in [9.17, 15) is 4.79 Å². The van der Waals surface area contributed by atoms with E-state index in [1.54, 1.807) is 25.6 Å². The Bertz CT molecular complexity index is 705. The Kier molecular flexibility index (Phi) is 6.95. The minimum Gasteiger partial charge on any atom is -0.493 e. The first-order valence-electron chi connectivity index (χ1n) is 9.08. The maximum atomic E-state index is 12.1. The van der Waals surface area contributed by atoms with Crippen LogP contribution < -0.4 is 19.5 Å². The van der Waals surface area contributed by atoms with E-state index in [1.807, 2.05) is 35.7 Å². The van der Waals surface area contributed by atoms with Crippen LogP contribution in [0.2, 0.25) is 0 Å². The summed E-state index contributed by atoms with van der Waals surface area (Å²) in [5, 5.41) is 5.00. The molecule has 146 valence electrons. The van der Waals surface area contributed by atoms with Crippen molar-refractivity contribution in [1.82, 2.24) is 10.2 Å². The molecule has 1 N–H and O–H groups in total. The summed E-state index contributed by atoms with van der Waals surface area (Å²) in [5.41, 5.74) is 0. The van der Waals surface area contributed by atoms with Crippen molar-refractivity contribution < 1.29 is 19.0 Å². The Morgan fingerprint density at radius 1 is 1.15 bits per heavy atom. The summed E-state index contributed by atoms with van der Waals surface area (Å²) < 4.78 is 17.0. The summed E-state index contributed by atoms with van der Waals surface area (Å²) in [6, 6.07) is 9.63. The number of methoxy groups -OCH3 is 2. The zero-order valence-corrected chi connectivity index (χ0v) is 16.6. The predicted octanol–water partition coefficient (Wildman–Crippen LogP) is 2.92. The summed E-state index contributed by atoms with van der Waals surface area (Å²) in [7, 11) is 3.25. The van der Waals surface area contributed by atoms with Crippen LogP contribution in [0.1, 0.15) is 17.7 Å². The maximum absolute atomic E-state index is 12.1. The molecular weight excluding hydrogens is 364 g/mol. The molecule has 0 bridgehead atoms. The highest BCUT2D eigenvalue weighted by Gasteiger charge is 2.24. The van der Waals surface area contributed by atoms with Crippen LogP contribution in [0, 0.1) is 0 Å². The van der Waals surface area contributed by atoms with E-state index in [0.29, 0.717) is 30.3 Å². The number of carbonyl (C=O) groups is 1. The number of carbonyl (C=O) groups excluding carboxylic acids is 1. The second-order valence-electron chi connectivity index (χ2n) is 6.44. The monoisotopic (exact) mass is 390 g/mol. The molecule has 0 saturated carbocycles. The van der Waals surface area contributed by atoms with Crippen LogP contribution in [0.4, 0.5) is 0 Å². The third kappa shape index (κ3) is 5.37. The number of ether oxygens (including phenoxy) is 3. The second kappa shape index (κ2) is 9.62. The SMILES string of the molecule is COc1cccc(OC)c1OC1CCN(CC(=O)NCc2cccs2)CC1. The molecule has 1 aromatic carbocycles. The molecule has 2 aromatic rings. The molecule has 0 aliphatic carbocycles. The lowest BCUT2D eigenvalue weighted by Gasteiger charge is -2.32. The molecule has 1 aliphatic rings. The minimum absolute atomic E-state index is 0.0640. The lowest BCUT2D eigenvalue weighted by atomic mass is 10.1. The number of hydrogen-bond donors (Lipinski definition) is 1. The molecule has 1 aromatic heterocycles. The highest BCUT2D eigenvalue weighted by molar-refractivity contribution is 7.09. The molecule has 3 rings (SSSR count). The van der Waals surface area contributed by atoms with Crippen LogP contribution in [0.5, 0.6) is 17.2 Å². The van der Waals surface area contributed by atoms with E-state index in [0.717, 1.165) is 25.9 Å². The number of nitrogens with zero attached hydrogens (tertiary/aromatic N) is 1. The van der Waals surface area contributed by atoms with Gasteiger partial charge in [0.25, 0.3) is 0 Å². The van der Waals surface area contributed by atoms with Crippen molar-refractivity contribution >= 4 is 17.2 Å². The number of benzene rings is 1. The fourth-order valence-corrected chi connectivity index (χ4v) is 3.79. The van der Waals surface area contributed by atoms with Crippen molar-refractivity contribution in [2.45, 2.75) is 25.5 Å². The second-order valence-corrected chi connectivity index (χ2v) is 7.47. The molecule has 6 nitrogen and oxygen atoms in total. The molecule has 1 amide bonds. The van der Waals surface area contributed by atoms with Crippen molar-refractivity contribution in [3.63, 3.8) is 0 Å². The summed E-state index contributed by atoms with van der Waals surface area (Å²) in [6.45, 7) is 2.68. The number of likely N-dealkylation sites (tertiary alicyclic amines) is 1. The van der Waals surface area contributed by atoms with Gasteiger partial charge in [0, 0.05) is 18.0 Å². The van der Waals surface area contributed by atoms with E-state index in [2.05, 4.69) is 10.2 Å². The third-order valence-electron chi connectivity index (χ3n) is 4.61. The smallest absolute Gasteiger partial charge is 0.234 e. The van der Waals surface area contributed by atoms with E-state index < -0.39 is 0 Å². The zero-order valence-electron chi connectivity index (χ0n) is 15.8. The lowest BCUT2D eigenvalue weighted by molar-refractivity contribution is -0.122. The normalized spacial score (nSPS) is 15.3. The highest BCUT2D eigenvalue weighted by atomic mass is 32.1. The van der Waals surface area contributed by atoms with Gasteiger partial charge in [0.1, 0.15) is 6.10 Å². The number of rotatable bonds is 8. The maximum Gasteiger partial charge on any atom is 0.234 e. The number of nitrogens with one attached hydrogen (secondary N) is 1. The molecule has 0 unspecified atom stereocenters. The molecule has 7 heteroatoms. The fourth-order valence-electron chi connectivity index (χ4n) is 3.14. The van der Waals surface area contributed by atoms with Gasteiger partial charge in [-0.2, -0.15) is 0 Å². The summed E-state index contributed by atoms with van der Waals surface area (Å²) in [4.78, 5) is 15.5. The van der Waals surface area contributed by atoms with Gasteiger partial charge >= 0.3 is 0 Å². The molecule has 0 spiro atoms. The number of piperidine rings is 1. The van der Waals surface area contributed by atoms with Gasteiger partial charge in [0.15, 0.2) is 11.5 Å². The lowest BCUT2D eigenvalue weighted by Crippen LogP contribution is -2.43. The Labute approximate surface area is 164 Å². The molecule has 0 radical (unpaired) electrons. The van der Waals surface area contributed by atoms with E-state index in [1.165, 1.54) is 4.88 Å². The van der Waals surface area contributed by atoms with E-state index >= 15 is 0 Å². The van der Waals surface area contributed by atoms with Gasteiger partial charge in [0.2, 0.25) is 11.7 Å². The quantitative estimate of drug-likeness (QED) is 0.751. The van der Waals surface area contributed by atoms with Gasteiger partial charge in [-0.25, -0.2) is 0 Å². The highest BCUT2D eigenvalue weighted by Crippen LogP contribution is 2.38. The van der Waals surface area contributed by atoms with Crippen LogP contribution in [-0.2, 0) is 11.3 Å². The van der Waals surface area contributed by atoms with Crippen molar-refractivity contribution in [3.05, 3.63) is 40.6 Å². The predicted molar refractivity (Wildman–Crippen MR) is 106 cm³/mol. The molecule has 1 saturated heterocycles. The summed E-state index contributed by atoms with van der Waals surface area (Å²) >= 11 is 1.65. The first kappa shape index (κ1) is 19.5. The van der Waals surface area contributed by atoms with Crippen LogP contribution in [0.3, 0.4) is 0 Å². The van der Waals surface area contributed by atoms with E-state index in [4.69, 9.17) is 14.2 Å². The van der Waals surface area contributed by atoms with Crippen molar-refractivity contribution in [1.29, 1.82) is 0 Å². The van der Waals surface area contributed by atoms with Gasteiger partial charge in [0.05, 0.1) is 27.3 Å². The van der Waals surface area contributed by atoms with Crippen LogP contribution in [0.15, 0.2) is 35.7 Å². The van der Waals surface area contributed by atoms with Crippen LogP contribution >= 0.6 is 11.3 Å². The molecule has 0 atom stereocenters. The number of thiophene rings is 1. The summed E-state index contributed by atoms with van der Waals surface area (Å²) in [5.74, 6) is 2.05. The molecule has 1 fully saturated rings. The molecule has 2 heterocycles. The molecule has 1 aliphatic heterocycles. The van der Waals surface area contributed by atoms with Crippen molar-refractivity contribution in [3.8, 4) is 17.2 Å². The van der Waals surface area contributed by atoms with Gasteiger partial charge in [-0.1, -0.05) is 12.1 Å². The van der Waals surface area contributed by atoms with Gasteiger partial charge < -0.3 is 19.5 Å². The topological polar surface area (TPSA) is 60.0 Å². The van der Waals surface area contributed by atoms with Gasteiger partial charge in [-0.15, -0.1) is 11.3 Å². The Morgan fingerprint density at radius 2 is 1.85 bits per heavy atom. The summed E-state index contributed by atoms with van der Waals surface area (Å²) in [6.07, 6.45) is 1.80. The number of hydrogen-bond acceptors (Lipinski definition) is 6. The first-order chi connectivity index (χ1) is 13.2. The minimum atomic E-state index is 0.0640. The van der Waals surface area contributed by atoms with Gasteiger partial charge in [-0.05, 0) is 36.4 Å². The number of amides is 1. The van der Waals surface area contributed by atoms with Crippen LogP contribution in [-0.4, -0.2) is 50.8 Å². The first-order valence-corrected chi connectivity index (χ1v) is 9.96. The third-order valence-corrected chi connectivity index (χ3v) is 5.49. The standard InChI is InChI=1S/C20H26N2O4S/c1-24-17-6-3-7-18(25-2)20(17)26-15-8-10-22(11-9-15)14-19(23)21-13-16-5-4-12-27-16/h3-7,12,15H,8-11,13-14H2,1-2H3,(H,21,23). The van der Waals surface area contributed by atoms with Crippen LogP contribution in [0.25, 0.3) is 0 Å². The average molecular weight is 391 g/mol. The van der Waals surface area contributed by atoms with Crippen molar-refractivity contribution in [2.75, 3.05) is 33.9 Å². The Morgan fingerprint density at radius 3 is 2.44 bits per heavy atom. The number of para-hydroxylation sites is 1. The van der Waals surface area contributed by atoms with Crippen molar-refractivity contribution in [2.24, 2.45) is 0 Å².